The van der Waals surface area contributed by atoms with Crippen molar-refractivity contribution in [1.82, 2.24) is 0 Å². The van der Waals surface area contributed by atoms with Crippen LogP contribution in [0.3, 0.4) is 0 Å². The molecular formula is C22H41O8Zr. The fraction of sp³-hybridized carbons (Fsp3) is 0.773. The second-order valence-corrected chi connectivity index (χ2v) is 6.19. The number of Topliss-reactive ketones (excluding diaryl/α,β-unsaturated/α-hetero) is 1. The second kappa shape index (κ2) is 36.5. The Labute approximate surface area is 207 Å². The normalized spacial score (nSPS) is 8.52. The summed E-state index contributed by atoms with van der Waals surface area (Å²) in [5.41, 5.74) is 0.282. The van der Waals surface area contributed by atoms with E-state index in [4.69, 9.17) is 0 Å². The molecule has 0 unspecified atom stereocenters. The minimum atomic E-state index is -0.617. The third-order valence-electron chi connectivity index (χ3n) is 2.81. The van der Waals surface area contributed by atoms with Crippen LogP contribution in [0.25, 0.3) is 0 Å². The minimum absolute atomic E-state index is 0. The van der Waals surface area contributed by atoms with Crippen molar-refractivity contribution in [1.29, 1.82) is 0 Å². The molecule has 0 aromatic carbocycles. The van der Waals surface area contributed by atoms with E-state index in [1.165, 1.54) is 13.8 Å². The molecule has 8 nitrogen and oxygen atoms in total. The molecule has 0 rings (SSSR count). The molecule has 0 spiro atoms. The summed E-state index contributed by atoms with van der Waals surface area (Å²) in [4.78, 5) is 32.2. The first kappa shape index (κ1) is 40.5. The van der Waals surface area contributed by atoms with Crippen LogP contribution >= 0.6 is 0 Å². The molecule has 0 aromatic rings. The quantitative estimate of drug-likeness (QED) is 0.160. The molecule has 0 atom stereocenters. The Bertz CT molecular complexity index is 394. The Morgan fingerprint density at radius 1 is 0.742 bits per heavy atom. The zero-order valence-corrected chi connectivity index (χ0v) is 22.4. The molecule has 31 heavy (non-hydrogen) atoms. The van der Waals surface area contributed by atoms with Gasteiger partial charge in [-0.3, -0.25) is 9.59 Å². The summed E-state index contributed by atoms with van der Waals surface area (Å²) in [5, 5.41) is 28.6. The molecule has 9 heteroatoms. The maximum atomic E-state index is 10.8. The molecule has 0 aliphatic rings. The van der Waals surface area contributed by atoms with E-state index in [1.807, 2.05) is 20.8 Å². The van der Waals surface area contributed by atoms with E-state index in [0.717, 1.165) is 38.5 Å². The molecule has 0 saturated heterocycles. The van der Waals surface area contributed by atoms with E-state index >= 15 is 0 Å². The fourth-order valence-corrected chi connectivity index (χ4v) is 1.10. The molecule has 0 aliphatic carbocycles. The Morgan fingerprint density at radius 3 is 1.32 bits per heavy atom. The molecule has 0 fully saturated rings. The van der Waals surface area contributed by atoms with Crippen LogP contribution in [0.4, 0.5) is 0 Å². The molecule has 0 amide bonds. The van der Waals surface area contributed by atoms with E-state index in [9.17, 15) is 29.7 Å². The predicted octanol–water partition coefficient (Wildman–Crippen LogP) is 1.07. The number of ketones is 1. The molecular weight excluding hydrogens is 483 g/mol. The van der Waals surface area contributed by atoms with Crippen molar-refractivity contribution < 1.29 is 65.4 Å². The van der Waals surface area contributed by atoms with Crippen molar-refractivity contribution in [3.63, 3.8) is 0 Å². The maximum absolute atomic E-state index is 10.8. The molecule has 1 radical (unpaired) electrons. The predicted molar refractivity (Wildman–Crippen MR) is 111 cm³/mol. The Morgan fingerprint density at radius 2 is 1.10 bits per heavy atom. The molecule has 0 N–H and O–H groups in total. The monoisotopic (exact) mass is 523 g/mol. The molecule has 0 aromatic heterocycles. The zero-order chi connectivity index (χ0) is 24.2. The van der Waals surface area contributed by atoms with Gasteiger partial charge in [-0.05, 0) is 13.8 Å². The van der Waals surface area contributed by atoms with Gasteiger partial charge in [-0.25, -0.2) is 4.79 Å². The summed E-state index contributed by atoms with van der Waals surface area (Å²) >= 11 is 0. The number of unbranched alkanes of at least 4 members (excludes halogenated alkanes) is 3. The van der Waals surface area contributed by atoms with Crippen LogP contribution in [0.5, 0.6) is 0 Å². The number of rotatable bonds is 12. The van der Waals surface area contributed by atoms with Gasteiger partial charge >= 0.3 is 38.1 Å². The standard InChI is InChI=1S/C10H14O5.3C4H9O.Zr/c1-7(2)10(13)15-5-4-14-9(12)6-8(3)11;3*1-2-3-4-5;/h1,4-6H2,2-3H3;3*2-4H2,1H3;/q;3*-1;+3. The van der Waals surface area contributed by atoms with Gasteiger partial charge in [-0.1, -0.05) is 65.9 Å². The SMILES string of the molecule is C=C(C)C(=O)OCCOC(=O)CC(C)=O.CCCC[O-].CCCC[O-].CCCC[O-].[Zr+3]. The summed E-state index contributed by atoms with van der Waals surface area (Å²) < 4.78 is 9.27. The average Bonchev–Trinajstić information content (AvgIpc) is 2.68. The van der Waals surface area contributed by atoms with Crippen molar-refractivity contribution in [2.75, 3.05) is 33.0 Å². The topological polar surface area (TPSA) is 139 Å². The first-order valence-electron chi connectivity index (χ1n) is 10.4. The summed E-state index contributed by atoms with van der Waals surface area (Å²) in [6.07, 6.45) is 5.34. The Balaban J connectivity index is -0.000000116. The van der Waals surface area contributed by atoms with Gasteiger partial charge in [0.15, 0.2) is 0 Å². The van der Waals surface area contributed by atoms with E-state index in [1.54, 1.807) is 0 Å². The zero-order valence-electron chi connectivity index (χ0n) is 20.0. The van der Waals surface area contributed by atoms with Crippen LogP contribution in [-0.2, 0) is 50.1 Å². The number of carbonyl (C=O) groups excluding carboxylic acids is 3. The van der Waals surface area contributed by atoms with Crippen LogP contribution in [0.2, 0.25) is 0 Å². The van der Waals surface area contributed by atoms with E-state index in [2.05, 4.69) is 16.1 Å². The average molecular weight is 525 g/mol. The number of ether oxygens (including phenoxy) is 2. The van der Waals surface area contributed by atoms with E-state index in [-0.39, 0.29) is 77.0 Å². The third kappa shape index (κ3) is 52.9. The summed E-state index contributed by atoms with van der Waals surface area (Å²) in [6.45, 7) is 12.4. The van der Waals surface area contributed by atoms with Crippen LogP contribution in [0, 0.1) is 0 Å². The second-order valence-electron chi connectivity index (χ2n) is 6.19. The third-order valence-corrected chi connectivity index (χ3v) is 2.81. The van der Waals surface area contributed by atoms with Crippen molar-refractivity contribution >= 4 is 17.7 Å². The number of hydrogen-bond acceptors (Lipinski definition) is 8. The number of hydrogen-bond donors (Lipinski definition) is 0. The minimum Gasteiger partial charge on any atom is -0.854 e. The van der Waals surface area contributed by atoms with Crippen LogP contribution in [0.15, 0.2) is 12.2 Å². The van der Waals surface area contributed by atoms with E-state index in [0.29, 0.717) is 0 Å². The smallest absolute Gasteiger partial charge is 0.854 e. The molecule has 0 bridgehead atoms. The summed E-state index contributed by atoms with van der Waals surface area (Å²) in [5.74, 6) is -1.41. The van der Waals surface area contributed by atoms with Gasteiger partial charge in [0.25, 0.3) is 0 Å². The Kier molecular flexibility index (Phi) is 47.6. The van der Waals surface area contributed by atoms with Crippen LogP contribution in [0.1, 0.15) is 79.6 Å². The summed E-state index contributed by atoms with van der Waals surface area (Å²) in [6, 6.07) is 0. The van der Waals surface area contributed by atoms with Gasteiger partial charge in [0.1, 0.15) is 25.4 Å². The van der Waals surface area contributed by atoms with Crippen LogP contribution < -0.4 is 15.3 Å². The van der Waals surface area contributed by atoms with Gasteiger partial charge < -0.3 is 24.8 Å². The fourth-order valence-electron chi connectivity index (χ4n) is 1.10. The summed E-state index contributed by atoms with van der Waals surface area (Å²) in [7, 11) is 0. The van der Waals surface area contributed by atoms with E-state index < -0.39 is 11.9 Å². The van der Waals surface area contributed by atoms with Crippen molar-refractivity contribution in [2.45, 2.75) is 79.6 Å². The van der Waals surface area contributed by atoms with Crippen LogP contribution in [-0.4, -0.2) is 50.8 Å². The van der Waals surface area contributed by atoms with Crippen molar-refractivity contribution in [3.8, 4) is 0 Å². The van der Waals surface area contributed by atoms with Crippen molar-refractivity contribution in [3.05, 3.63) is 12.2 Å². The molecule has 0 saturated carbocycles. The van der Waals surface area contributed by atoms with Crippen molar-refractivity contribution in [2.24, 2.45) is 0 Å². The first-order valence-corrected chi connectivity index (χ1v) is 10.4. The molecule has 181 valence electrons. The number of carbonyl (C=O) groups is 3. The number of esters is 2. The van der Waals surface area contributed by atoms with Gasteiger partial charge in [0.2, 0.25) is 0 Å². The van der Waals surface area contributed by atoms with Gasteiger partial charge in [0.05, 0.1) is 0 Å². The maximum Gasteiger partial charge on any atom is 3.00 e. The largest absolute Gasteiger partial charge is 3.00 e. The molecule has 0 heterocycles. The van der Waals surface area contributed by atoms with Gasteiger partial charge in [-0.15, -0.1) is 19.8 Å². The Hall–Kier alpha value is -0.887. The first-order chi connectivity index (χ1) is 14.2. The van der Waals surface area contributed by atoms with Gasteiger partial charge in [-0.2, -0.15) is 0 Å². The van der Waals surface area contributed by atoms with Gasteiger partial charge in [0, 0.05) is 5.57 Å². The molecule has 0 aliphatic heterocycles.